The van der Waals surface area contributed by atoms with Gasteiger partial charge in [-0.2, -0.15) is 0 Å². The standard InChI is InChI=1S/C11H13BrN2O3/c1-3-13-11(16)14-9-5-4-7(12)6-8(9)10(15)17-2/h4-6H,3H2,1-2H3,(H2,13,14,16). The van der Waals surface area contributed by atoms with Gasteiger partial charge >= 0.3 is 12.0 Å². The van der Waals surface area contributed by atoms with E-state index in [1.54, 1.807) is 18.2 Å². The summed E-state index contributed by atoms with van der Waals surface area (Å²) in [4.78, 5) is 22.9. The number of hydrogen-bond acceptors (Lipinski definition) is 3. The molecule has 0 atom stereocenters. The van der Waals surface area contributed by atoms with Crippen LogP contribution in [0.5, 0.6) is 0 Å². The SMILES string of the molecule is CCNC(=O)Nc1ccc(Br)cc1C(=O)OC. The number of urea groups is 1. The highest BCUT2D eigenvalue weighted by Crippen LogP contribution is 2.21. The first-order valence-electron chi connectivity index (χ1n) is 5.01. The van der Waals surface area contributed by atoms with E-state index in [1.165, 1.54) is 7.11 Å². The maximum Gasteiger partial charge on any atom is 0.340 e. The van der Waals surface area contributed by atoms with E-state index in [9.17, 15) is 9.59 Å². The third kappa shape index (κ3) is 3.74. The molecule has 1 rings (SSSR count). The molecule has 6 heteroatoms. The van der Waals surface area contributed by atoms with Crippen LogP contribution in [0, 0.1) is 0 Å². The van der Waals surface area contributed by atoms with Crippen molar-refractivity contribution >= 4 is 33.6 Å². The summed E-state index contributed by atoms with van der Waals surface area (Å²) in [7, 11) is 1.29. The fraction of sp³-hybridized carbons (Fsp3) is 0.273. The van der Waals surface area contributed by atoms with Gasteiger partial charge in [-0.05, 0) is 25.1 Å². The minimum atomic E-state index is -0.502. The number of amides is 2. The van der Waals surface area contributed by atoms with Crippen LogP contribution in [-0.2, 0) is 4.74 Å². The molecule has 0 radical (unpaired) electrons. The molecule has 0 saturated carbocycles. The lowest BCUT2D eigenvalue weighted by atomic mass is 10.2. The highest BCUT2D eigenvalue weighted by molar-refractivity contribution is 9.10. The molecule has 0 aliphatic rings. The van der Waals surface area contributed by atoms with Crippen LogP contribution in [0.1, 0.15) is 17.3 Å². The fourth-order valence-electron chi connectivity index (χ4n) is 1.23. The van der Waals surface area contributed by atoms with Crippen molar-refractivity contribution < 1.29 is 14.3 Å². The number of esters is 1. The van der Waals surface area contributed by atoms with Gasteiger partial charge in [0.15, 0.2) is 0 Å². The Morgan fingerprint density at radius 2 is 2.12 bits per heavy atom. The highest BCUT2D eigenvalue weighted by Gasteiger charge is 2.13. The molecule has 2 amide bonds. The molecule has 0 heterocycles. The molecule has 0 aromatic heterocycles. The second-order valence-electron chi connectivity index (χ2n) is 3.17. The van der Waals surface area contributed by atoms with Gasteiger partial charge in [-0.1, -0.05) is 15.9 Å². The summed E-state index contributed by atoms with van der Waals surface area (Å²) in [5, 5.41) is 5.16. The molecule has 1 aromatic rings. The number of hydrogen-bond donors (Lipinski definition) is 2. The molecular weight excluding hydrogens is 288 g/mol. The summed E-state index contributed by atoms with van der Waals surface area (Å²) >= 11 is 3.25. The quantitative estimate of drug-likeness (QED) is 0.842. The summed E-state index contributed by atoms with van der Waals surface area (Å²) in [6.07, 6.45) is 0. The van der Waals surface area contributed by atoms with Crippen LogP contribution in [0.4, 0.5) is 10.5 Å². The first-order chi connectivity index (χ1) is 8.08. The van der Waals surface area contributed by atoms with Crippen molar-refractivity contribution in [2.45, 2.75) is 6.92 Å². The smallest absolute Gasteiger partial charge is 0.340 e. The molecule has 0 fully saturated rings. The van der Waals surface area contributed by atoms with E-state index in [2.05, 4.69) is 31.3 Å². The zero-order valence-corrected chi connectivity index (χ0v) is 11.1. The molecular formula is C11H13BrN2O3. The van der Waals surface area contributed by atoms with Crippen molar-refractivity contribution in [1.82, 2.24) is 5.32 Å². The third-order valence-electron chi connectivity index (χ3n) is 1.97. The minimum Gasteiger partial charge on any atom is -0.465 e. The largest absolute Gasteiger partial charge is 0.465 e. The number of halogens is 1. The number of nitrogens with one attached hydrogen (secondary N) is 2. The number of carbonyl (C=O) groups is 2. The fourth-order valence-corrected chi connectivity index (χ4v) is 1.59. The lowest BCUT2D eigenvalue weighted by molar-refractivity contribution is 0.0602. The molecule has 0 bridgehead atoms. The zero-order chi connectivity index (χ0) is 12.8. The second-order valence-corrected chi connectivity index (χ2v) is 4.08. The number of anilines is 1. The molecule has 1 aromatic carbocycles. The van der Waals surface area contributed by atoms with Crippen LogP contribution in [0.2, 0.25) is 0 Å². The van der Waals surface area contributed by atoms with Crippen molar-refractivity contribution in [3.05, 3.63) is 28.2 Å². The minimum absolute atomic E-state index is 0.299. The van der Waals surface area contributed by atoms with E-state index >= 15 is 0 Å². The van der Waals surface area contributed by atoms with Crippen LogP contribution < -0.4 is 10.6 Å². The van der Waals surface area contributed by atoms with Gasteiger partial charge in [0.25, 0.3) is 0 Å². The lowest BCUT2D eigenvalue weighted by Gasteiger charge is -2.10. The van der Waals surface area contributed by atoms with Crippen molar-refractivity contribution in [1.29, 1.82) is 0 Å². The number of rotatable bonds is 3. The van der Waals surface area contributed by atoms with Crippen LogP contribution in [0.15, 0.2) is 22.7 Å². The summed E-state index contributed by atoms with van der Waals surface area (Å²) in [6.45, 7) is 2.32. The Bertz CT molecular complexity index is 435. The van der Waals surface area contributed by atoms with Crippen molar-refractivity contribution in [3.8, 4) is 0 Å². The van der Waals surface area contributed by atoms with E-state index in [1.807, 2.05) is 6.92 Å². The average molecular weight is 301 g/mol. The zero-order valence-electron chi connectivity index (χ0n) is 9.54. The molecule has 0 unspecified atom stereocenters. The molecule has 92 valence electrons. The molecule has 0 spiro atoms. The first-order valence-corrected chi connectivity index (χ1v) is 5.80. The predicted octanol–water partition coefficient (Wildman–Crippen LogP) is 2.38. The van der Waals surface area contributed by atoms with Crippen LogP contribution in [-0.4, -0.2) is 25.7 Å². The van der Waals surface area contributed by atoms with Gasteiger partial charge in [0.05, 0.1) is 18.4 Å². The Morgan fingerprint density at radius 1 is 1.41 bits per heavy atom. The van der Waals surface area contributed by atoms with E-state index in [4.69, 9.17) is 0 Å². The van der Waals surface area contributed by atoms with Gasteiger partial charge < -0.3 is 15.4 Å². The monoisotopic (exact) mass is 300 g/mol. The summed E-state index contributed by atoms with van der Waals surface area (Å²) in [5.41, 5.74) is 0.708. The average Bonchev–Trinajstić information content (AvgIpc) is 2.30. The second kappa shape index (κ2) is 6.24. The van der Waals surface area contributed by atoms with Crippen LogP contribution in [0.3, 0.4) is 0 Å². The van der Waals surface area contributed by atoms with E-state index in [0.29, 0.717) is 17.8 Å². The summed E-state index contributed by atoms with van der Waals surface area (Å²) < 4.78 is 5.38. The maximum absolute atomic E-state index is 11.5. The summed E-state index contributed by atoms with van der Waals surface area (Å²) in [5.74, 6) is -0.502. The molecule has 0 aliphatic carbocycles. The highest BCUT2D eigenvalue weighted by atomic mass is 79.9. The van der Waals surface area contributed by atoms with Crippen LogP contribution >= 0.6 is 15.9 Å². The molecule has 0 saturated heterocycles. The maximum atomic E-state index is 11.5. The van der Waals surface area contributed by atoms with E-state index in [-0.39, 0.29) is 6.03 Å². The van der Waals surface area contributed by atoms with Gasteiger partial charge in [-0.15, -0.1) is 0 Å². The molecule has 5 nitrogen and oxygen atoms in total. The van der Waals surface area contributed by atoms with Gasteiger partial charge in [0.2, 0.25) is 0 Å². The number of benzene rings is 1. The Labute approximate surface area is 108 Å². The third-order valence-corrected chi connectivity index (χ3v) is 2.47. The number of methoxy groups -OCH3 is 1. The van der Waals surface area contributed by atoms with Crippen molar-refractivity contribution in [3.63, 3.8) is 0 Å². The van der Waals surface area contributed by atoms with Gasteiger partial charge in [0, 0.05) is 11.0 Å². The Kier molecular flexibility index (Phi) is 4.96. The first kappa shape index (κ1) is 13.5. The Morgan fingerprint density at radius 3 is 2.71 bits per heavy atom. The molecule has 2 N–H and O–H groups in total. The normalized spacial score (nSPS) is 9.59. The topological polar surface area (TPSA) is 67.4 Å². The number of ether oxygens (including phenoxy) is 1. The molecule has 0 aliphatic heterocycles. The lowest BCUT2D eigenvalue weighted by Crippen LogP contribution is -2.29. The summed E-state index contributed by atoms with van der Waals surface area (Å²) in [6, 6.07) is 4.59. The van der Waals surface area contributed by atoms with Gasteiger partial charge in [-0.25, -0.2) is 9.59 Å². The Balaban J connectivity index is 2.98. The Hall–Kier alpha value is -1.56. The van der Waals surface area contributed by atoms with E-state index < -0.39 is 5.97 Å². The van der Waals surface area contributed by atoms with Gasteiger partial charge in [0.1, 0.15) is 0 Å². The van der Waals surface area contributed by atoms with Gasteiger partial charge in [-0.3, -0.25) is 0 Å². The molecule has 17 heavy (non-hydrogen) atoms. The number of carbonyl (C=O) groups excluding carboxylic acids is 2. The van der Waals surface area contributed by atoms with E-state index in [0.717, 1.165) is 4.47 Å². The predicted molar refractivity (Wildman–Crippen MR) is 68.2 cm³/mol. The van der Waals surface area contributed by atoms with Crippen molar-refractivity contribution in [2.24, 2.45) is 0 Å². The van der Waals surface area contributed by atoms with Crippen molar-refractivity contribution in [2.75, 3.05) is 19.0 Å². The van der Waals surface area contributed by atoms with Crippen LogP contribution in [0.25, 0.3) is 0 Å².